The standard InChI is InChI=1S/C24H23ClN2O3S/c1-2-19(27-22(28)15-31-23(27)17-10-12-18(25)13-11-17)14-30-24(29)26-21-9-5-7-16-6-3-4-8-20(16)21/h3-13,19,23H,2,14-15H2,1H3,(H,26,29)/t19-,23-/m0/s1. The van der Waals surface area contributed by atoms with Crippen LogP contribution in [0.2, 0.25) is 5.02 Å². The fourth-order valence-electron chi connectivity index (χ4n) is 3.76. The Bertz CT molecular complexity index is 1080. The molecule has 1 N–H and O–H groups in total. The van der Waals surface area contributed by atoms with Crippen molar-refractivity contribution in [1.29, 1.82) is 0 Å². The molecular weight excluding hydrogens is 432 g/mol. The van der Waals surface area contributed by atoms with Crippen LogP contribution in [-0.4, -0.2) is 35.3 Å². The van der Waals surface area contributed by atoms with Gasteiger partial charge in [-0.15, -0.1) is 11.8 Å². The number of carbonyl (C=O) groups excluding carboxylic acids is 2. The molecule has 5 nitrogen and oxygen atoms in total. The molecule has 0 unspecified atom stereocenters. The van der Waals surface area contributed by atoms with Gasteiger partial charge in [-0.3, -0.25) is 10.1 Å². The van der Waals surface area contributed by atoms with Crippen LogP contribution in [0.3, 0.4) is 0 Å². The van der Waals surface area contributed by atoms with Gasteiger partial charge in [0.1, 0.15) is 12.0 Å². The zero-order chi connectivity index (χ0) is 21.8. The second-order valence-corrected chi connectivity index (χ2v) is 8.83. The maximum absolute atomic E-state index is 12.6. The number of hydrogen-bond donors (Lipinski definition) is 1. The van der Waals surface area contributed by atoms with Crippen molar-refractivity contribution >= 4 is 51.8 Å². The van der Waals surface area contributed by atoms with Crippen LogP contribution < -0.4 is 5.32 Å². The molecule has 1 fully saturated rings. The first kappa shape index (κ1) is 21.5. The zero-order valence-corrected chi connectivity index (χ0v) is 18.7. The van der Waals surface area contributed by atoms with Gasteiger partial charge in [-0.2, -0.15) is 0 Å². The minimum atomic E-state index is -0.530. The molecule has 1 saturated heterocycles. The molecule has 7 heteroatoms. The van der Waals surface area contributed by atoms with Gasteiger partial charge in [0.15, 0.2) is 0 Å². The quantitative estimate of drug-likeness (QED) is 0.489. The summed E-state index contributed by atoms with van der Waals surface area (Å²) in [5.41, 5.74) is 1.71. The highest BCUT2D eigenvalue weighted by Crippen LogP contribution is 2.40. The second kappa shape index (κ2) is 9.62. The lowest BCUT2D eigenvalue weighted by Gasteiger charge is -2.32. The minimum absolute atomic E-state index is 0.0508. The molecule has 0 bridgehead atoms. The molecule has 2 amide bonds. The van der Waals surface area contributed by atoms with Crippen molar-refractivity contribution in [3.8, 4) is 0 Å². The summed E-state index contributed by atoms with van der Waals surface area (Å²) in [7, 11) is 0. The predicted molar refractivity (Wildman–Crippen MR) is 126 cm³/mol. The van der Waals surface area contributed by atoms with Gasteiger partial charge in [-0.1, -0.05) is 67.1 Å². The molecule has 31 heavy (non-hydrogen) atoms. The number of carbonyl (C=O) groups is 2. The van der Waals surface area contributed by atoms with Crippen molar-refractivity contribution in [3.63, 3.8) is 0 Å². The first-order valence-electron chi connectivity index (χ1n) is 10.2. The fourth-order valence-corrected chi connectivity index (χ4v) is 5.14. The number of thioether (sulfide) groups is 1. The lowest BCUT2D eigenvalue weighted by molar-refractivity contribution is -0.131. The SMILES string of the molecule is CC[C@@H](COC(=O)Nc1cccc2ccccc12)N1C(=O)CS[C@H]1c1ccc(Cl)cc1. The molecule has 1 aliphatic rings. The Kier molecular flexibility index (Phi) is 6.68. The summed E-state index contributed by atoms with van der Waals surface area (Å²) in [6, 6.07) is 20.9. The average molecular weight is 455 g/mol. The Balaban J connectivity index is 1.44. The van der Waals surface area contributed by atoms with E-state index in [0.29, 0.717) is 22.9 Å². The number of fused-ring (bicyclic) bond motifs is 1. The molecule has 0 aliphatic carbocycles. The van der Waals surface area contributed by atoms with E-state index in [1.54, 1.807) is 11.8 Å². The van der Waals surface area contributed by atoms with Crippen molar-refractivity contribution < 1.29 is 14.3 Å². The molecule has 0 saturated carbocycles. The molecule has 3 aromatic carbocycles. The van der Waals surface area contributed by atoms with Gasteiger partial charge < -0.3 is 9.64 Å². The summed E-state index contributed by atoms with van der Waals surface area (Å²) in [6.07, 6.45) is 0.148. The Morgan fingerprint density at radius 1 is 1.16 bits per heavy atom. The van der Waals surface area contributed by atoms with Gasteiger partial charge >= 0.3 is 6.09 Å². The van der Waals surface area contributed by atoms with E-state index in [1.165, 1.54) is 0 Å². The highest BCUT2D eigenvalue weighted by Gasteiger charge is 2.37. The fraction of sp³-hybridized carbons (Fsp3) is 0.250. The number of amides is 2. The van der Waals surface area contributed by atoms with Crippen molar-refractivity contribution in [1.82, 2.24) is 4.90 Å². The number of nitrogens with one attached hydrogen (secondary N) is 1. The Morgan fingerprint density at radius 3 is 2.68 bits per heavy atom. The number of ether oxygens (including phenoxy) is 1. The highest BCUT2D eigenvalue weighted by atomic mass is 35.5. The molecule has 160 valence electrons. The van der Waals surface area contributed by atoms with E-state index < -0.39 is 6.09 Å². The van der Waals surface area contributed by atoms with Crippen LogP contribution in [0.15, 0.2) is 66.7 Å². The summed E-state index contributed by atoms with van der Waals surface area (Å²) >= 11 is 7.59. The predicted octanol–water partition coefficient (Wildman–Crippen LogP) is 6.09. The summed E-state index contributed by atoms with van der Waals surface area (Å²) in [5.74, 6) is 0.460. The molecule has 1 aliphatic heterocycles. The minimum Gasteiger partial charge on any atom is -0.447 e. The van der Waals surface area contributed by atoms with Crippen molar-refractivity contribution in [2.45, 2.75) is 24.8 Å². The van der Waals surface area contributed by atoms with Crippen LogP contribution in [0.25, 0.3) is 10.8 Å². The Morgan fingerprint density at radius 2 is 1.90 bits per heavy atom. The van der Waals surface area contributed by atoms with Crippen LogP contribution >= 0.6 is 23.4 Å². The number of rotatable bonds is 6. The van der Waals surface area contributed by atoms with E-state index in [9.17, 15) is 9.59 Å². The number of anilines is 1. The molecule has 3 aromatic rings. The zero-order valence-electron chi connectivity index (χ0n) is 17.1. The smallest absolute Gasteiger partial charge is 0.411 e. The van der Waals surface area contributed by atoms with Gasteiger partial charge in [0.2, 0.25) is 5.91 Å². The van der Waals surface area contributed by atoms with Crippen molar-refractivity contribution in [3.05, 3.63) is 77.3 Å². The third-order valence-corrected chi connectivity index (χ3v) is 6.84. The third-order valence-electron chi connectivity index (χ3n) is 5.36. The summed E-state index contributed by atoms with van der Waals surface area (Å²) in [5, 5.41) is 5.36. The summed E-state index contributed by atoms with van der Waals surface area (Å²) in [6.45, 7) is 2.12. The van der Waals surface area contributed by atoms with Gasteiger partial charge in [-0.25, -0.2) is 4.79 Å². The normalized spacial score (nSPS) is 17.0. The van der Waals surface area contributed by atoms with Gasteiger partial charge in [0, 0.05) is 10.4 Å². The monoisotopic (exact) mass is 454 g/mol. The molecule has 1 heterocycles. The van der Waals surface area contributed by atoms with Crippen LogP contribution in [0.5, 0.6) is 0 Å². The topological polar surface area (TPSA) is 58.6 Å². The van der Waals surface area contributed by atoms with E-state index in [1.807, 2.05) is 78.6 Å². The first-order chi connectivity index (χ1) is 15.1. The van der Waals surface area contributed by atoms with Crippen molar-refractivity contribution in [2.75, 3.05) is 17.7 Å². The third kappa shape index (κ3) is 4.81. The summed E-state index contributed by atoms with van der Waals surface area (Å²) in [4.78, 5) is 27.0. The van der Waals surface area contributed by atoms with Gasteiger partial charge in [0.05, 0.1) is 17.5 Å². The van der Waals surface area contributed by atoms with E-state index >= 15 is 0 Å². The Hall–Kier alpha value is -2.70. The lowest BCUT2D eigenvalue weighted by atomic mass is 10.1. The number of benzene rings is 3. The molecule has 0 aromatic heterocycles. The lowest BCUT2D eigenvalue weighted by Crippen LogP contribution is -2.41. The molecule has 4 rings (SSSR count). The first-order valence-corrected chi connectivity index (χ1v) is 11.6. The Labute approximate surface area is 190 Å². The largest absolute Gasteiger partial charge is 0.447 e. The number of nitrogens with zero attached hydrogens (tertiary/aromatic N) is 1. The molecule has 2 atom stereocenters. The molecule has 0 radical (unpaired) electrons. The van der Waals surface area contributed by atoms with Crippen LogP contribution in [0.4, 0.5) is 10.5 Å². The number of halogens is 1. The second-order valence-electron chi connectivity index (χ2n) is 7.33. The average Bonchev–Trinajstić information content (AvgIpc) is 3.16. The van der Waals surface area contributed by atoms with E-state index in [0.717, 1.165) is 16.3 Å². The van der Waals surface area contributed by atoms with Crippen LogP contribution in [0.1, 0.15) is 24.3 Å². The van der Waals surface area contributed by atoms with Crippen LogP contribution in [0, 0.1) is 0 Å². The summed E-state index contributed by atoms with van der Waals surface area (Å²) < 4.78 is 5.54. The maximum Gasteiger partial charge on any atom is 0.411 e. The van der Waals surface area contributed by atoms with E-state index in [-0.39, 0.29) is 23.9 Å². The van der Waals surface area contributed by atoms with Crippen molar-refractivity contribution in [2.24, 2.45) is 0 Å². The maximum atomic E-state index is 12.6. The molecule has 0 spiro atoms. The van der Waals surface area contributed by atoms with Gasteiger partial charge in [0.25, 0.3) is 0 Å². The van der Waals surface area contributed by atoms with Gasteiger partial charge in [-0.05, 0) is 35.6 Å². The highest BCUT2D eigenvalue weighted by molar-refractivity contribution is 8.00. The van der Waals surface area contributed by atoms with E-state index in [2.05, 4.69) is 5.32 Å². The van der Waals surface area contributed by atoms with Crippen LogP contribution in [-0.2, 0) is 9.53 Å². The number of hydrogen-bond acceptors (Lipinski definition) is 4. The molecular formula is C24H23ClN2O3S. The van der Waals surface area contributed by atoms with E-state index in [4.69, 9.17) is 16.3 Å².